The Kier molecular flexibility index (Phi) is 4.96. The molecule has 0 saturated carbocycles. The number of amides is 1. The predicted molar refractivity (Wildman–Crippen MR) is 87.6 cm³/mol. The third-order valence-electron chi connectivity index (χ3n) is 3.26. The van der Waals surface area contributed by atoms with Crippen molar-refractivity contribution in [2.75, 3.05) is 5.32 Å². The lowest BCUT2D eigenvalue weighted by molar-refractivity contribution is 0.102. The predicted octanol–water partition coefficient (Wildman–Crippen LogP) is 4.96. The minimum Gasteiger partial charge on any atom is -0.322 e. The first-order chi connectivity index (χ1) is 9.61. The molecule has 3 heteroatoms. The number of aryl methyl sites for hydroxylation is 1. The van der Waals surface area contributed by atoms with Crippen LogP contribution >= 0.6 is 15.9 Å². The maximum atomic E-state index is 12.3. The van der Waals surface area contributed by atoms with Crippen LogP contribution in [0.4, 0.5) is 5.69 Å². The Labute approximate surface area is 128 Å². The maximum absolute atomic E-state index is 12.3. The molecule has 104 valence electrons. The SMILES string of the molecule is CCc1ccc(C(=O)Nc2ccccc2C(C)Br)cc1. The number of para-hydroxylation sites is 1. The van der Waals surface area contributed by atoms with Crippen LogP contribution in [0.2, 0.25) is 0 Å². The van der Waals surface area contributed by atoms with E-state index in [2.05, 4.69) is 28.2 Å². The molecule has 0 aromatic heterocycles. The van der Waals surface area contributed by atoms with Crippen molar-refractivity contribution >= 4 is 27.5 Å². The van der Waals surface area contributed by atoms with Crippen LogP contribution in [-0.2, 0) is 6.42 Å². The lowest BCUT2D eigenvalue weighted by atomic mass is 10.1. The zero-order valence-corrected chi connectivity index (χ0v) is 13.3. The molecule has 0 aliphatic heterocycles. The Balaban J connectivity index is 2.19. The van der Waals surface area contributed by atoms with Gasteiger partial charge in [-0.05, 0) is 42.7 Å². The van der Waals surface area contributed by atoms with E-state index in [1.165, 1.54) is 5.56 Å². The zero-order valence-electron chi connectivity index (χ0n) is 11.7. The van der Waals surface area contributed by atoms with E-state index < -0.39 is 0 Å². The first-order valence-corrected chi connectivity index (χ1v) is 7.66. The summed E-state index contributed by atoms with van der Waals surface area (Å²) in [5.41, 5.74) is 3.84. The van der Waals surface area contributed by atoms with E-state index in [4.69, 9.17) is 0 Å². The van der Waals surface area contributed by atoms with E-state index in [0.717, 1.165) is 17.7 Å². The molecule has 1 unspecified atom stereocenters. The van der Waals surface area contributed by atoms with Gasteiger partial charge >= 0.3 is 0 Å². The Morgan fingerprint density at radius 3 is 2.40 bits per heavy atom. The highest BCUT2D eigenvalue weighted by Crippen LogP contribution is 2.28. The molecule has 2 aromatic rings. The van der Waals surface area contributed by atoms with E-state index in [0.29, 0.717) is 5.56 Å². The third-order valence-corrected chi connectivity index (χ3v) is 3.76. The fraction of sp³-hybridized carbons (Fsp3) is 0.235. The van der Waals surface area contributed by atoms with Gasteiger partial charge in [0.25, 0.3) is 5.91 Å². The molecule has 1 N–H and O–H groups in total. The summed E-state index contributed by atoms with van der Waals surface area (Å²) in [6, 6.07) is 15.6. The van der Waals surface area contributed by atoms with Crippen molar-refractivity contribution in [1.29, 1.82) is 0 Å². The number of carbonyl (C=O) groups is 1. The van der Waals surface area contributed by atoms with E-state index in [1.54, 1.807) is 0 Å². The number of anilines is 1. The van der Waals surface area contributed by atoms with Crippen molar-refractivity contribution in [3.8, 4) is 0 Å². The third kappa shape index (κ3) is 3.48. The van der Waals surface area contributed by atoms with E-state index in [9.17, 15) is 4.79 Å². The van der Waals surface area contributed by atoms with Gasteiger partial charge in [-0.3, -0.25) is 4.79 Å². The molecule has 0 fully saturated rings. The number of alkyl halides is 1. The zero-order chi connectivity index (χ0) is 14.5. The van der Waals surface area contributed by atoms with Gasteiger partial charge < -0.3 is 5.32 Å². The lowest BCUT2D eigenvalue weighted by Gasteiger charge is -2.12. The fourth-order valence-electron chi connectivity index (χ4n) is 2.04. The van der Waals surface area contributed by atoms with Crippen LogP contribution in [0.15, 0.2) is 48.5 Å². The molecule has 2 rings (SSSR count). The van der Waals surface area contributed by atoms with Gasteiger partial charge in [-0.25, -0.2) is 0 Å². The smallest absolute Gasteiger partial charge is 0.255 e. The minimum absolute atomic E-state index is 0.0757. The molecule has 0 saturated heterocycles. The van der Waals surface area contributed by atoms with Crippen molar-refractivity contribution in [1.82, 2.24) is 0 Å². The standard InChI is InChI=1S/C17H18BrNO/c1-3-13-8-10-14(11-9-13)17(20)19-16-7-5-4-6-15(16)12(2)18/h4-12H,3H2,1-2H3,(H,19,20). The van der Waals surface area contributed by atoms with E-state index >= 15 is 0 Å². The minimum atomic E-state index is -0.0757. The number of hydrogen-bond acceptors (Lipinski definition) is 1. The number of halogens is 1. The molecule has 2 aromatic carbocycles. The second-order valence-corrected chi connectivity index (χ2v) is 6.08. The Bertz CT molecular complexity index is 590. The Hall–Kier alpha value is -1.61. The highest BCUT2D eigenvalue weighted by Gasteiger charge is 2.11. The molecule has 0 heterocycles. The van der Waals surface area contributed by atoms with Crippen LogP contribution in [0.5, 0.6) is 0 Å². The van der Waals surface area contributed by atoms with Crippen molar-refractivity contribution in [3.63, 3.8) is 0 Å². The quantitative estimate of drug-likeness (QED) is 0.788. The van der Waals surface area contributed by atoms with Crippen LogP contribution in [-0.4, -0.2) is 5.91 Å². The molecular weight excluding hydrogens is 314 g/mol. The van der Waals surface area contributed by atoms with Gasteiger partial charge in [-0.1, -0.05) is 53.2 Å². The molecule has 2 nitrogen and oxygen atoms in total. The van der Waals surface area contributed by atoms with Crippen molar-refractivity contribution in [2.45, 2.75) is 25.1 Å². The molecule has 1 amide bonds. The summed E-state index contributed by atoms with van der Waals surface area (Å²) >= 11 is 3.55. The van der Waals surface area contributed by atoms with E-state index in [-0.39, 0.29) is 10.7 Å². The van der Waals surface area contributed by atoms with Crippen LogP contribution in [0.3, 0.4) is 0 Å². The summed E-state index contributed by atoms with van der Waals surface area (Å²) in [5.74, 6) is -0.0757. The van der Waals surface area contributed by atoms with Gasteiger partial charge in [0.05, 0.1) is 0 Å². The van der Waals surface area contributed by atoms with Crippen LogP contribution in [0, 0.1) is 0 Å². The second-order valence-electron chi connectivity index (χ2n) is 4.71. The highest BCUT2D eigenvalue weighted by atomic mass is 79.9. The van der Waals surface area contributed by atoms with Crippen molar-refractivity contribution in [3.05, 3.63) is 65.2 Å². The second kappa shape index (κ2) is 6.71. The fourth-order valence-corrected chi connectivity index (χ4v) is 2.44. The first-order valence-electron chi connectivity index (χ1n) is 6.75. The summed E-state index contributed by atoms with van der Waals surface area (Å²) in [5, 5.41) is 2.98. The summed E-state index contributed by atoms with van der Waals surface area (Å²) in [6.07, 6.45) is 0.978. The van der Waals surface area contributed by atoms with Crippen LogP contribution in [0.25, 0.3) is 0 Å². The van der Waals surface area contributed by atoms with E-state index in [1.807, 2.05) is 55.5 Å². The monoisotopic (exact) mass is 331 g/mol. The first kappa shape index (κ1) is 14.8. The Morgan fingerprint density at radius 2 is 1.80 bits per heavy atom. The molecule has 0 radical (unpaired) electrons. The summed E-state index contributed by atoms with van der Waals surface area (Å²) in [7, 11) is 0. The molecule has 1 atom stereocenters. The average molecular weight is 332 g/mol. The lowest BCUT2D eigenvalue weighted by Crippen LogP contribution is -2.13. The largest absolute Gasteiger partial charge is 0.322 e. The van der Waals surface area contributed by atoms with Gasteiger partial charge in [0.15, 0.2) is 0 Å². The normalized spacial score (nSPS) is 11.9. The maximum Gasteiger partial charge on any atom is 0.255 e. The number of rotatable bonds is 4. The molecular formula is C17H18BrNO. The summed E-state index contributed by atoms with van der Waals surface area (Å²) in [6.45, 7) is 4.14. The van der Waals surface area contributed by atoms with Crippen LogP contribution < -0.4 is 5.32 Å². The number of nitrogens with one attached hydrogen (secondary N) is 1. The van der Waals surface area contributed by atoms with Gasteiger partial charge in [-0.15, -0.1) is 0 Å². The van der Waals surface area contributed by atoms with Crippen LogP contribution in [0.1, 0.15) is 40.2 Å². The van der Waals surface area contributed by atoms with Gasteiger partial charge in [0.1, 0.15) is 0 Å². The topological polar surface area (TPSA) is 29.1 Å². The summed E-state index contributed by atoms with van der Waals surface area (Å²) < 4.78 is 0. The average Bonchev–Trinajstić information content (AvgIpc) is 2.47. The molecule has 0 spiro atoms. The number of benzene rings is 2. The molecule has 0 bridgehead atoms. The van der Waals surface area contributed by atoms with Gasteiger partial charge in [0.2, 0.25) is 0 Å². The van der Waals surface area contributed by atoms with Gasteiger partial charge in [0, 0.05) is 16.1 Å². The molecule has 20 heavy (non-hydrogen) atoms. The molecule has 0 aliphatic rings. The highest BCUT2D eigenvalue weighted by molar-refractivity contribution is 9.09. The van der Waals surface area contributed by atoms with Crippen molar-refractivity contribution < 1.29 is 4.79 Å². The number of hydrogen-bond donors (Lipinski definition) is 1. The number of carbonyl (C=O) groups excluding carboxylic acids is 1. The summed E-state index contributed by atoms with van der Waals surface area (Å²) in [4.78, 5) is 12.5. The molecule has 0 aliphatic carbocycles. The Morgan fingerprint density at radius 1 is 1.15 bits per heavy atom. The van der Waals surface area contributed by atoms with Gasteiger partial charge in [-0.2, -0.15) is 0 Å². The van der Waals surface area contributed by atoms with Crippen molar-refractivity contribution in [2.24, 2.45) is 0 Å².